The van der Waals surface area contributed by atoms with Crippen molar-refractivity contribution in [1.82, 2.24) is 19.9 Å². The van der Waals surface area contributed by atoms with Crippen LogP contribution in [-0.2, 0) is 0 Å². The first kappa shape index (κ1) is 20.2. The highest BCUT2D eigenvalue weighted by atomic mass is 35.5. The van der Waals surface area contributed by atoms with Gasteiger partial charge in [-0.25, -0.2) is 9.97 Å². The first-order chi connectivity index (χ1) is 12.1. The average Bonchev–Trinajstić information content (AvgIpc) is 2.62. The second-order valence-electron chi connectivity index (χ2n) is 6.35. The van der Waals surface area contributed by atoms with Crippen LogP contribution >= 0.6 is 12.4 Å². The molecule has 1 aliphatic carbocycles. The van der Waals surface area contributed by atoms with Crippen molar-refractivity contribution < 1.29 is 5.11 Å². The summed E-state index contributed by atoms with van der Waals surface area (Å²) in [7, 11) is 3.55. The lowest BCUT2D eigenvalue weighted by atomic mass is 9.80. The third-order valence-corrected chi connectivity index (χ3v) is 4.40. The molecule has 1 aliphatic rings. The molecular formula is C16H27ClN8O. The molecule has 0 atom stereocenters. The Kier molecular flexibility index (Phi) is 6.60. The van der Waals surface area contributed by atoms with E-state index in [0.717, 1.165) is 32.2 Å². The van der Waals surface area contributed by atoms with Gasteiger partial charge in [0.1, 0.15) is 11.0 Å². The number of nitrogens with one attached hydrogen (secondary N) is 4. The fourth-order valence-electron chi connectivity index (χ4n) is 2.74. The Labute approximate surface area is 159 Å². The van der Waals surface area contributed by atoms with Crippen LogP contribution < -0.4 is 21.3 Å². The lowest BCUT2D eigenvalue weighted by Crippen LogP contribution is -2.43. The summed E-state index contributed by atoms with van der Waals surface area (Å²) >= 11 is 0. The molecule has 3 rings (SSSR count). The minimum absolute atomic E-state index is 0. The molecule has 1 fully saturated rings. The van der Waals surface area contributed by atoms with Crippen molar-refractivity contribution >= 4 is 47.0 Å². The first-order valence-electron chi connectivity index (χ1n) is 8.74. The Hall–Kier alpha value is -2.13. The van der Waals surface area contributed by atoms with E-state index in [1.54, 1.807) is 14.1 Å². The van der Waals surface area contributed by atoms with Crippen molar-refractivity contribution in [2.45, 2.75) is 38.2 Å². The summed E-state index contributed by atoms with van der Waals surface area (Å²) in [4.78, 5) is 18.0. The molecule has 2 heterocycles. The van der Waals surface area contributed by atoms with Gasteiger partial charge in [0.25, 0.3) is 0 Å². The fourth-order valence-corrected chi connectivity index (χ4v) is 2.74. The van der Waals surface area contributed by atoms with Gasteiger partial charge in [-0.3, -0.25) is 0 Å². The second kappa shape index (κ2) is 8.50. The molecule has 0 bridgehead atoms. The van der Waals surface area contributed by atoms with Gasteiger partial charge in [0.05, 0.1) is 5.60 Å². The van der Waals surface area contributed by atoms with Gasteiger partial charge in [-0.2, -0.15) is 9.97 Å². The summed E-state index contributed by atoms with van der Waals surface area (Å²) in [6.07, 6.45) is 3.65. The number of hydrogen-bond acceptors (Lipinski definition) is 9. The fraction of sp³-hybridized carbons (Fsp3) is 0.625. The molecule has 0 saturated heterocycles. The summed E-state index contributed by atoms with van der Waals surface area (Å²) in [5, 5.41) is 22.9. The molecule has 144 valence electrons. The Morgan fingerprint density at radius 1 is 0.923 bits per heavy atom. The number of nitrogens with zero attached hydrogens (tertiary/aromatic N) is 4. The number of fused-ring (bicyclic) bond motifs is 1. The van der Waals surface area contributed by atoms with Gasteiger partial charge >= 0.3 is 0 Å². The molecule has 0 radical (unpaired) electrons. The average molecular weight is 383 g/mol. The number of aliphatic hydroxyl groups is 1. The zero-order valence-corrected chi connectivity index (χ0v) is 16.2. The highest BCUT2D eigenvalue weighted by molar-refractivity contribution is 5.94. The predicted octanol–water partition coefficient (Wildman–Crippen LogP) is 2.07. The van der Waals surface area contributed by atoms with Crippen LogP contribution in [0.1, 0.15) is 32.6 Å². The molecule has 0 spiro atoms. The van der Waals surface area contributed by atoms with Crippen LogP contribution in [0.15, 0.2) is 0 Å². The van der Waals surface area contributed by atoms with Crippen LogP contribution in [0.2, 0.25) is 0 Å². The zero-order valence-electron chi connectivity index (χ0n) is 15.4. The molecule has 0 aromatic carbocycles. The van der Waals surface area contributed by atoms with E-state index in [4.69, 9.17) is 0 Å². The third kappa shape index (κ3) is 4.16. The monoisotopic (exact) mass is 382 g/mol. The van der Waals surface area contributed by atoms with Crippen LogP contribution in [-0.4, -0.2) is 57.8 Å². The van der Waals surface area contributed by atoms with Crippen LogP contribution in [0, 0.1) is 0 Å². The van der Waals surface area contributed by atoms with Gasteiger partial charge in [-0.05, 0) is 25.7 Å². The Balaban J connectivity index is 0.00000243. The highest BCUT2D eigenvalue weighted by Crippen LogP contribution is 2.33. The van der Waals surface area contributed by atoms with Gasteiger partial charge < -0.3 is 26.4 Å². The van der Waals surface area contributed by atoms with Crippen LogP contribution in [0.25, 0.3) is 11.0 Å². The van der Waals surface area contributed by atoms with E-state index in [1.807, 2.05) is 0 Å². The lowest BCUT2D eigenvalue weighted by Gasteiger charge is -2.36. The molecule has 10 heteroatoms. The largest absolute Gasteiger partial charge is 0.388 e. The van der Waals surface area contributed by atoms with Crippen molar-refractivity contribution in [3.8, 4) is 0 Å². The Bertz CT molecular complexity index is 753. The van der Waals surface area contributed by atoms with Crippen molar-refractivity contribution in [2.75, 3.05) is 48.5 Å². The number of anilines is 4. The standard InChI is InChI=1S/C16H26N8O.ClH/c1-4-8-19-12-10-11(22-14(17-2)23-12)13(24-15(18-3)21-10)20-9-16(25)6-5-7-16;/h25H,4-9H2,1-3H3,(H2,17,19,22,23)(H2,18,20,21,24);1H. The normalized spacial score (nSPS) is 14.9. The third-order valence-electron chi connectivity index (χ3n) is 4.40. The predicted molar refractivity (Wildman–Crippen MR) is 108 cm³/mol. The summed E-state index contributed by atoms with van der Waals surface area (Å²) in [6, 6.07) is 0. The molecule has 2 aromatic heterocycles. The minimum Gasteiger partial charge on any atom is -0.388 e. The molecular weight excluding hydrogens is 356 g/mol. The molecule has 9 nitrogen and oxygen atoms in total. The SMILES string of the molecule is CCCNc1nc(NC)nc2c(NCC3(O)CCC3)nc(NC)nc12.Cl. The number of rotatable bonds is 8. The van der Waals surface area contributed by atoms with E-state index in [-0.39, 0.29) is 12.4 Å². The van der Waals surface area contributed by atoms with Crippen molar-refractivity contribution in [1.29, 1.82) is 0 Å². The van der Waals surface area contributed by atoms with E-state index >= 15 is 0 Å². The lowest BCUT2D eigenvalue weighted by molar-refractivity contribution is -0.0202. The van der Waals surface area contributed by atoms with Gasteiger partial charge in [-0.15, -0.1) is 12.4 Å². The molecule has 0 amide bonds. The van der Waals surface area contributed by atoms with Gasteiger partial charge in [0.15, 0.2) is 11.6 Å². The van der Waals surface area contributed by atoms with Gasteiger partial charge in [0.2, 0.25) is 11.9 Å². The van der Waals surface area contributed by atoms with E-state index in [1.165, 1.54) is 0 Å². The Morgan fingerprint density at radius 3 is 1.88 bits per heavy atom. The summed E-state index contributed by atoms with van der Waals surface area (Å²) in [5.41, 5.74) is 0.619. The second-order valence-corrected chi connectivity index (χ2v) is 6.35. The summed E-state index contributed by atoms with van der Waals surface area (Å²) < 4.78 is 0. The molecule has 26 heavy (non-hydrogen) atoms. The van der Waals surface area contributed by atoms with Crippen LogP contribution in [0.3, 0.4) is 0 Å². The molecule has 1 saturated carbocycles. The van der Waals surface area contributed by atoms with E-state index in [9.17, 15) is 5.11 Å². The topological polar surface area (TPSA) is 120 Å². The smallest absolute Gasteiger partial charge is 0.225 e. The van der Waals surface area contributed by atoms with Crippen molar-refractivity contribution in [2.24, 2.45) is 0 Å². The molecule has 0 unspecified atom stereocenters. The van der Waals surface area contributed by atoms with E-state index in [0.29, 0.717) is 41.1 Å². The first-order valence-corrected chi connectivity index (χ1v) is 8.74. The quantitative estimate of drug-likeness (QED) is 0.467. The highest BCUT2D eigenvalue weighted by Gasteiger charge is 2.34. The maximum Gasteiger partial charge on any atom is 0.225 e. The molecule has 5 N–H and O–H groups in total. The molecule has 2 aromatic rings. The van der Waals surface area contributed by atoms with Crippen LogP contribution in [0.4, 0.5) is 23.5 Å². The van der Waals surface area contributed by atoms with Gasteiger partial charge in [-0.1, -0.05) is 6.92 Å². The minimum atomic E-state index is -0.654. The van der Waals surface area contributed by atoms with E-state index < -0.39 is 5.60 Å². The molecule has 0 aliphatic heterocycles. The maximum atomic E-state index is 10.4. The Morgan fingerprint density at radius 2 is 1.46 bits per heavy atom. The van der Waals surface area contributed by atoms with Crippen molar-refractivity contribution in [3.63, 3.8) is 0 Å². The summed E-state index contributed by atoms with van der Waals surface area (Å²) in [6.45, 7) is 3.32. The number of aromatic nitrogens is 4. The summed E-state index contributed by atoms with van der Waals surface area (Å²) in [5.74, 6) is 2.24. The van der Waals surface area contributed by atoms with Gasteiger partial charge in [0, 0.05) is 27.2 Å². The van der Waals surface area contributed by atoms with Crippen molar-refractivity contribution in [3.05, 3.63) is 0 Å². The maximum absolute atomic E-state index is 10.4. The number of hydrogen-bond donors (Lipinski definition) is 5. The van der Waals surface area contributed by atoms with Crippen LogP contribution in [0.5, 0.6) is 0 Å². The van der Waals surface area contributed by atoms with E-state index in [2.05, 4.69) is 48.1 Å². The zero-order chi connectivity index (χ0) is 17.9. The number of halogens is 1.